The second-order valence-electron chi connectivity index (χ2n) is 9.12. The van der Waals surface area contributed by atoms with Crippen LogP contribution in [0.3, 0.4) is 0 Å². The van der Waals surface area contributed by atoms with Crippen molar-refractivity contribution in [1.29, 1.82) is 0 Å². The second kappa shape index (κ2) is 12.8. The van der Waals surface area contributed by atoms with Crippen LogP contribution in [0, 0.1) is 0 Å². The number of amidine groups is 1. The molecule has 0 radical (unpaired) electrons. The molecule has 1 unspecified atom stereocenters. The third kappa shape index (κ3) is 7.07. The van der Waals surface area contributed by atoms with E-state index in [1.807, 2.05) is 36.4 Å². The fourth-order valence-electron chi connectivity index (χ4n) is 4.25. The smallest absolute Gasteiger partial charge is 0.283 e. The predicted molar refractivity (Wildman–Crippen MR) is 173 cm³/mol. The number of ether oxygens (including phenoxy) is 1. The number of benzene rings is 4. The van der Waals surface area contributed by atoms with Gasteiger partial charge in [0.2, 0.25) is 0 Å². The molecule has 2 N–H and O–H groups in total. The van der Waals surface area contributed by atoms with Crippen molar-refractivity contribution < 1.29 is 13.2 Å². The van der Waals surface area contributed by atoms with Crippen molar-refractivity contribution in [1.82, 2.24) is 0 Å². The van der Waals surface area contributed by atoms with Crippen molar-refractivity contribution in [3.8, 4) is 0 Å². The molecule has 4 aromatic rings. The molecule has 4 aromatic carbocycles. The molecule has 0 amide bonds. The van der Waals surface area contributed by atoms with Gasteiger partial charge >= 0.3 is 0 Å². The van der Waals surface area contributed by atoms with Crippen LogP contribution in [0.5, 0.6) is 0 Å². The third-order valence-corrected chi connectivity index (χ3v) is 9.26. The van der Waals surface area contributed by atoms with E-state index in [4.69, 9.17) is 10.5 Å². The lowest BCUT2D eigenvalue weighted by Gasteiger charge is -2.25. The Labute approximate surface area is 256 Å². The third-order valence-electron chi connectivity index (χ3n) is 6.40. The summed E-state index contributed by atoms with van der Waals surface area (Å²) in [5.74, 6) is 0. The molecule has 0 saturated heterocycles. The Hall–Kier alpha value is -2.85. The molecule has 0 spiro atoms. The van der Waals surface area contributed by atoms with Gasteiger partial charge in [-0.1, -0.05) is 87.0 Å². The quantitative estimate of drug-likeness (QED) is 0.209. The Balaban J connectivity index is 0.000000194. The Morgan fingerprint density at radius 3 is 2.05 bits per heavy atom. The van der Waals surface area contributed by atoms with Crippen LogP contribution in [-0.4, -0.2) is 33.6 Å². The first-order valence-corrected chi connectivity index (χ1v) is 16.9. The summed E-state index contributed by atoms with van der Waals surface area (Å²) in [6.45, 7) is 4.44. The molecule has 5 nitrogen and oxygen atoms in total. The summed E-state index contributed by atoms with van der Waals surface area (Å²) in [6.07, 6.45) is 3.26. The summed E-state index contributed by atoms with van der Waals surface area (Å²) in [5.41, 5.74) is 10.1. The van der Waals surface area contributed by atoms with Gasteiger partial charge in [0.25, 0.3) is 6.02 Å². The van der Waals surface area contributed by atoms with Crippen molar-refractivity contribution in [2.24, 2.45) is 10.7 Å². The molecular weight excluding hydrogens is 672 g/mol. The molecule has 0 bridgehead atoms. The van der Waals surface area contributed by atoms with Crippen LogP contribution in [-0.2, 0) is 20.1 Å². The molecule has 0 saturated carbocycles. The van der Waals surface area contributed by atoms with Crippen LogP contribution in [0.25, 0.3) is 5.57 Å². The Morgan fingerprint density at radius 2 is 1.52 bits per heavy atom. The normalized spacial score (nSPS) is 16.4. The molecular formula is C31H28Br2N2O3S2. The van der Waals surface area contributed by atoms with Crippen LogP contribution in [0.1, 0.15) is 22.3 Å². The van der Waals surface area contributed by atoms with Crippen LogP contribution in [0.2, 0.25) is 0 Å². The number of nitrogens with two attached hydrogens (primary N) is 1. The SMILES string of the molecule is C=C(c1ccc(SC)cc1)c1cccc(Br)c1.CS(=O)(=O)c1ccc(C2(c3cccc(Br)c3)COC(N)=N2)cc1. The van der Waals surface area contributed by atoms with Crippen molar-refractivity contribution >= 4 is 65.1 Å². The minimum absolute atomic E-state index is 0.122. The molecule has 40 heavy (non-hydrogen) atoms. The van der Waals surface area contributed by atoms with E-state index < -0.39 is 15.4 Å². The molecule has 0 aromatic heterocycles. The van der Waals surface area contributed by atoms with E-state index in [9.17, 15) is 8.42 Å². The fourth-order valence-corrected chi connectivity index (χ4v) is 6.09. The van der Waals surface area contributed by atoms with Gasteiger partial charge in [-0.25, -0.2) is 13.4 Å². The number of nitrogens with zero attached hydrogens (tertiary/aromatic N) is 1. The molecule has 1 heterocycles. The van der Waals surface area contributed by atoms with E-state index in [1.165, 1.54) is 16.7 Å². The summed E-state index contributed by atoms with van der Waals surface area (Å²) in [5, 5.41) is 0. The Morgan fingerprint density at radius 1 is 0.900 bits per heavy atom. The zero-order valence-corrected chi connectivity index (χ0v) is 26.8. The zero-order valence-electron chi connectivity index (χ0n) is 22.0. The average Bonchev–Trinajstić information content (AvgIpc) is 3.35. The van der Waals surface area contributed by atoms with Crippen molar-refractivity contribution in [2.75, 3.05) is 19.1 Å². The Bertz CT molecular complexity index is 1660. The molecule has 0 fully saturated rings. The van der Waals surface area contributed by atoms with Crippen molar-refractivity contribution in [2.45, 2.75) is 15.3 Å². The molecule has 0 aliphatic carbocycles. The minimum atomic E-state index is -3.24. The number of thioether (sulfide) groups is 1. The molecule has 1 aliphatic rings. The monoisotopic (exact) mass is 698 g/mol. The zero-order chi connectivity index (χ0) is 28.9. The summed E-state index contributed by atoms with van der Waals surface area (Å²) in [7, 11) is -3.24. The van der Waals surface area contributed by atoms with Gasteiger partial charge in [0.15, 0.2) is 15.4 Å². The first-order chi connectivity index (χ1) is 19.0. The van der Waals surface area contributed by atoms with Crippen LogP contribution >= 0.6 is 43.6 Å². The molecule has 1 aliphatic heterocycles. The van der Waals surface area contributed by atoms with Gasteiger partial charge in [-0.15, -0.1) is 11.8 Å². The highest BCUT2D eigenvalue weighted by Crippen LogP contribution is 2.38. The van der Waals surface area contributed by atoms with E-state index in [0.29, 0.717) is 0 Å². The van der Waals surface area contributed by atoms with Gasteiger partial charge in [0.1, 0.15) is 6.61 Å². The van der Waals surface area contributed by atoms with E-state index in [0.717, 1.165) is 31.2 Å². The van der Waals surface area contributed by atoms with Gasteiger partial charge < -0.3 is 10.5 Å². The highest BCUT2D eigenvalue weighted by Gasteiger charge is 2.40. The number of sulfone groups is 1. The van der Waals surface area contributed by atoms with Gasteiger partial charge in [-0.2, -0.15) is 0 Å². The first kappa shape index (κ1) is 30.1. The maximum atomic E-state index is 11.6. The second-order valence-corrected chi connectivity index (χ2v) is 13.9. The molecule has 206 valence electrons. The standard InChI is InChI=1S/C16H15BrN2O3S.C15H13BrS/c1-23(20,21)14-7-5-11(6-8-14)16(10-22-15(18)19-16)12-3-2-4-13(17)9-12;1-11(13-4-3-5-14(16)10-13)12-6-8-15(17-2)9-7-12/h2-9H,10H2,1H3,(H2,18,19);3-10H,1H2,2H3. The van der Waals surface area contributed by atoms with E-state index in [1.54, 1.807) is 36.0 Å². The van der Waals surface area contributed by atoms with Gasteiger partial charge in [0, 0.05) is 20.1 Å². The maximum Gasteiger partial charge on any atom is 0.283 e. The summed E-state index contributed by atoms with van der Waals surface area (Å²) in [6, 6.07) is 31.2. The lowest BCUT2D eigenvalue weighted by Crippen LogP contribution is -2.27. The van der Waals surface area contributed by atoms with Crippen LogP contribution < -0.4 is 5.73 Å². The summed E-state index contributed by atoms with van der Waals surface area (Å²) < 4.78 is 30.7. The lowest BCUT2D eigenvalue weighted by atomic mass is 9.84. The fraction of sp³-hybridized carbons (Fsp3) is 0.129. The van der Waals surface area contributed by atoms with Crippen LogP contribution in [0.4, 0.5) is 0 Å². The highest BCUT2D eigenvalue weighted by atomic mass is 79.9. The van der Waals surface area contributed by atoms with Gasteiger partial charge in [0.05, 0.1) is 4.90 Å². The number of aliphatic imine (C=N–C) groups is 1. The number of halogens is 2. The molecule has 9 heteroatoms. The minimum Gasteiger partial charge on any atom is -0.462 e. The summed E-state index contributed by atoms with van der Waals surface area (Å²) in [4.78, 5) is 6.03. The lowest BCUT2D eigenvalue weighted by molar-refractivity contribution is 0.278. The van der Waals surface area contributed by atoms with E-state index in [2.05, 4.69) is 86.1 Å². The number of hydrogen-bond donors (Lipinski definition) is 1. The highest BCUT2D eigenvalue weighted by molar-refractivity contribution is 9.10. The largest absolute Gasteiger partial charge is 0.462 e. The average molecular weight is 701 g/mol. The van der Waals surface area contributed by atoms with Crippen LogP contribution in [0.15, 0.2) is 127 Å². The summed E-state index contributed by atoms with van der Waals surface area (Å²) >= 11 is 8.69. The van der Waals surface area contributed by atoms with E-state index in [-0.39, 0.29) is 17.5 Å². The maximum absolute atomic E-state index is 11.6. The van der Waals surface area contributed by atoms with E-state index >= 15 is 0 Å². The Kier molecular flexibility index (Phi) is 9.61. The number of hydrogen-bond acceptors (Lipinski definition) is 6. The van der Waals surface area contributed by atoms with Gasteiger partial charge in [-0.05, 0) is 82.6 Å². The molecule has 5 rings (SSSR count). The predicted octanol–water partition coefficient (Wildman–Crippen LogP) is 7.67. The topological polar surface area (TPSA) is 81.8 Å². The van der Waals surface area contributed by atoms with Crippen molar-refractivity contribution in [3.05, 3.63) is 135 Å². The molecule has 1 atom stereocenters. The van der Waals surface area contributed by atoms with Gasteiger partial charge in [-0.3, -0.25) is 0 Å². The number of rotatable bonds is 6. The first-order valence-electron chi connectivity index (χ1n) is 12.2. The van der Waals surface area contributed by atoms with Crippen molar-refractivity contribution in [3.63, 3.8) is 0 Å².